The number of ether oxygens (including phenoxy) is 1. The van der Waals surface area contributed by atoms with Crippen LogP contribution in [-0.2, 0) is 20.7 Å². The van der Waals surface area contributed by atoms with Crippen LogP contribution in [0.4, 0.5) is 0 Å². The fourth-order valence-electron chi connectivity index (χ4n) is 2.46. The van der Waals surface area contributed by atoms with Crippen LogP contribution >= 0.6 is 15.9 Å². The van der Waals surface area contributed by atoms with Gasteiger partial charge in [-0.2, -0.15) is 0 Å². The summed E-state index contributed by atoms with van der Waals surface area (Å²) in [6.45, 7) is 0.966. The van der Waals surface area contributed by atoms with Gasteiger partial charge in [0.05, 0.1) is 12.6 Å². The SMILES string of the molecule is NCCCC[C@@H]([C]=O)N[C@@H](CCc1ccccc1)C(=O)OCCCBr. The fraction of sp³-hybridized carbons (Fsp3) is 0.579. The second-order valence-corrected chi connectivity index (χ2v) is 6.70. The molecule has 1 rings (SSSR count). The molecule has 0 aliphatic heterocycles. The Kier molecular flexibility index (Phi) is 12.2. The first-order chi connectivity index (χ1) is 12.2. The van der Waals surface area contributed by atoms with Crippen LogP contribution in [0, 0.1) is 0 Å². The zero-order valence-electron chi connectivity index (χ0n) is 14.6. The lowest BCUT2D eigenvalue weighted by atomic mass is 10.0. The van der Waals surface area contributed by atoms with Gasteiger partial charge < -0.3 is 10.5 Å². The topological polar surface area (TPSA) is 81.4 Å². The molecule has 0 aliphatic rings. The molecular formula is C19H28BrN2O3. The Labute approximate surface area is 158 Å². The summed E-state index contributed by atoms with van der Waals surface area (Å²) in [5, 5.41) is 3.89. The molecule has 1 radical (unpaired) electrons. The predicted octanol–water partition coefficient (Wildman–Crippen LogP) is 2.51. The normalized spacial score (nSPS) is 13.2. The van der Waals surface area contributed by atoms with E-state index in [2.05, 4.69) is 21.2 Å². The number of benzene rings is 1. The molecule has 0 saturated heterocycles. The monoisotopic (exact) mass is 411 g/mol. The van der Waals surface area contributed by atoms with E-state index in [4.69, 9.17) is 10.5 Å². The Morgan fingerprint density at radius 3 is 2.60 bits per heavy atom. The molecule has 0 spiro atoms. The van der Waals surface area contributed by atoms with Crippen LogP contribution in [0.25, 0.3) is 0 Å². The number of rotatable bonds is 14. The minimum absolute atomic E-state index is 0.309. The third-order valence-corrected chi connectivity index (χ3v) is 4.42. The first-order valence-corrected chi connectivity index (χ1v) is 9.93. The first-order valence-electron chi connectivity index (χ1n) is 8.81. The number of esters is 1. The number of alkyl halides is 1. The largest absolute Gasteiger partial charge is 0.464 e. The number of unbranched alkanes of at least 4 members (excludes halogenated alkanes) is 1. The fourth-order valence-corrected chi connectivity index (χ4v) is 2.69. The Morgan fingerprint density at radius 1 is 1.20 bits per heavy atom. The molecule has 0 bridgehead atoms. The summed E-state index contributed by atoms with van der Waals surface area (Å²) in [6, 6.07) is 8.97. The Bertz CT molecular complexity index is 485. The molecule has 0 fully saturated rings. The van der Waals surface area contributed by atoms with Crippen molar-refractivity contribution in [3.05, 3.63) is 35.9 Å². The van der Waals surface area contributed by atoms with E-state index in [9.17, 15) is 9.59 Å². The lowest BCUT2D eigenvalue weighted by Crippen LogP contribution is -2.45. The van der Waals surface area contributed by atoms with Crippen LogP contribution in [-0.4, -0.2) is 42.8 Å². The van der Waals surface area contributed by atoms with E-state index in [0.717, 1.165) is 36.6 Å². The minimum Gasteiger partial charge on any atom is -0.464 e. The maximum absolute atomic E-state index is 12.4. The number of carbonyl (C=O) groups excluding carboxylic acids is 2. The summed E-state index contributed by atoms with van der Waals surface area (Å²) < 4.78 is 5.32. The lowest BCUT2D eigenvalue weighted by molar-refractivity contribution is -0.146. The van der Waals surface area contributed by atoms with E-state index in [1.165, 1.54) is 0 Å². The van der Waals surface area contributed by atoms with Crippen LogP contribution < -0.4 is 11.1 Å². The van der Waals surface area contributed by atoms with Gasteiger partial charge in [-0.05, 0) is 44.2 Å². The van der Waals surface area contributed by atoms with E-state index < -0.39 is 12.1 Å². The van der Waals surface area contributed by atoms with Gasteiger partial charge in [-0.3, -0.25) is 14.9 Å². The van der Waals surface area contributed by atoms with Crippen LogP contribution in [0.5, 0.6) is 0 Å². The van der Waals surface area contributed by atoms with Gasteiger partial charge in [0.1, 0.15) is 6.04 Å². The standard InChI is InChI=1S/C19H28BrN2O3/c20-12-6-14-25-19(24)18(11-10-16-7-2-1-3-8-16)22-17(15-23)9-4-5-13-21/h1-3,7-8,17-18,22H,4-6,9-14,21H2/t17-,18-/m0/s1. The second kappa shape index (κ2) is 14.0. The molecular weight excluding hydrogens is 384 g/mol. The molecule has 25 heavy (non-hydrogen) atoms. The third kappa shape index (κ3) is 9.72. The molecule has 1 aromatic carbocycles. The Morgan fingerprint density at radius 2 is 1.96 bits per heavy atom. The Balaban J connectivity index is 2.61. The number of hydrogen-bond acceptors (Lipinski definition) is 5. The highest BCUT2D eigenvalue weighted by Crippen LogP contribution is 2.09. The molecule has 2 atom stereocenters. The second-order valence-electron chi connectivity index (χ2n) is 5.91. The van der Waals surface area contributed by atoms with Gasteiger partial charge in [-0.25, -0.2) is 0 Å². The zero-order valence-corrected chi connectivity index (χ0v) is 16.2. The van der Waals surface area contributed by atoms with Gasteiger partial charge in [0, 0.05) is 5.33 Å². The summed E-state index contributed by atoms with van der Waals surface area (Å²) in [5.74, 6) is -0.309. The average Bonchev–Trinajstić information content (AvgIpc) is 2.64. The van der Waals surface area contributed by atoms with E-state index in [1.54, 1.807) is 0 Å². The Hall–Kier alpha value is -1.24. The molecule has 0 saturated carbocycles. The van der Waals surface area contributed by atoms with Crippen molar-refractivity contribution in [2.45, 2.75) is 50.6 Å². The minimum atomic E-state index is -0.514. The van der Waals surface area contributed by atoms with Crippen molar-refractivity contribution in [1.29, 1.82) is 0 Å². The highest BCUT2D eigenvalue weighted by Gasteiger charge is 2.23. The van der Waals surface area contributed by atoms with Gasteiger partial charge in [-0.1, -0.05) is 52.7 Å². The maximum atomic E-state index is 12.4. The number of aryl methyl sites for hydroxylation is 1. The summed E-state index contributed by atoms with van der Waals surface area (Å²) >= 11 is 3.32. The quantitative estimate of drug-likeness (QED) is 0.279. The van der Waals surface area contributed by atoms with Crippen molar-refractivity contribution in [3.8, 4) is 0 Å². The molecule has 139 valence electrons. The van der Waals surface area contributed by atoms with Crippen molar-refractivity contribution in [2.75, 3.05) is 18.5 Å². The van der Waals surface area contributed by atoms with Gasteiger partial charge in [-0.15, -0.1) is 0 Å². The lowest BCUT2D eigenvalue weighted by Gasteiger charge is -2.21. The van der Waals surface area contributed by atoms with E-state index in [0.29, 0.717) is 26.0 Å². The average molecular weight is 412 g/mol. The summed E-state index contributed by atoms with van der Waals surface area (Å²) in [4.78, 5) is 23.6. The number of hydrogen-bond donors (Lipinski definition) is 2. The van der Waals surface area contributed by atoms with Crippen molar-refractivity contribution in [2.24, 2.45) is 5.73 Å². The molecule has 0 aliphatic carbocycles. The van der Waals surface area contributed by atoms with Crippen molar-refractivity contribution < 1.29 is 14.3 Å². The van der Waals surface area contributed by atoms with Crippen molar-refractivity contribution in [3.63, 3.8) is 0 Å². The van der Waals surface area contributed by atoms with Crippen LogP contribution in [0.15, 0.2) is 30.3 Å². The molecule has 6 heteroatoms. The smallest absolute Gasteiger partial charge is 0.323 e. The summed E-state index contributed by atoms with van der Waals surface area (Å²) in [6.07, 6.45) is 6.37. The highest BCUT2D eigenvalue weighted by molar-refractivity contribution is 9.09. The van der Waals surface area contributed by atoms with Gasteiger partial charge in [0.25, 0.3) is 0 Å². The van der Waals surface area contributed by atoms with E-state index in [1.807, 2.05) is 36.6 Å². The van der Waals surface area contributed by atoms with Gasteiger partial charge >= 0.3 is 5.97 Å². The molecule has 0 heterocycles. The van der Waals surface area contributed by atoms with Crippen LogP contribution in [0.2, 0.25) is 0 Å². The number of carbonyl (C=O) groups is 1. The molecule has 3 N–H and O–H groups in total. The van der Waals surface area contributed by atoms with E-state index in [-0.39, 0.29) is 5.97 Å². The molecule has 0 unspecified atom stereocenters. The molecule has 5 nitrogen and oxygen atoms in total. The van der Waals surface area contributed by atoms with Gasteiger partial charge in [0.15, 0.2) is 0 Å². The molecule has 0 aromatic heterocycles. The van der Waals surface area contributed by atoms with Gasteiger partial charge in [0.2, 0.25) is 6.29 Å². The third-order valence-electron chi connectivity index (χ3n) is 3.86. The molecule has 1 aromatic rings. The summed E-state index contributed by atoms with van der Waals surface area (Å²) in [5.41, 5.74) is 6.64. The van der Waals surface area contributed by atoms with Crippen molar-refractivity contribution >= 4 is 28.2 Å². The first kappa shape index (κ1) is 21.8. The van der Waals surface area contributed by atoms with Crippen LogP contribution in [0.1, 0.15) is 37.7 Å². The van der Waals surface area contributed by atoms with Crippen LogP contribution in [0.3, 0.4) is 0 Å². The number of halogens is 1. The zero-order chi connectivity index (χ0) is 18.3. The summed E-state index contributed by atoms with van der Waals surface area (Å²) in [7, 11) is 0. The maximum Gasteiger partial charge on any atom is 0.323 e. The molecule has 0 amide bonds. The number of nitrogens with one attached hydrogen (secondary N) is 1. The highest BCUT2D eigenvalue weighted by atomic mass is 79.9. The van der Waals surface area contributed by atoms with Crippen molar-refractivity contribution in [1.82, 2.24) is 5.32 Å². The number of nitrogens with two attached hydrogens (primary N) is 1. The van der Waals surface area contributed by atoms with E-state index >= 15 is 0 Å². The predicted molar refractivity (Wildman–Crippen MR) is 103 cm³/mol.